The molecule has 0 heterocycles. The van der Waals surface area contributed by atoms with Gasteiger partial charge in [0.2, 0.25) is 0 Å². The lowest BCUT2D eigenvalue weighted by Gasteiger charge is -2.28. The van der Waals surface area contributed by atoms with Gasteiger partial charge in [-0.2, -0.15) is 0 Å². The van der Waals surface area contributed by atoms with Crippen LogP contribution >= 0.6 is 0 Å². The van der Waals surface area contributed by atoms with Gasteiger partial charge in [-0.1, -0.05) is 42.0 Å². The molecule has 0 unspecified atom stereocenters. The molecule has 94 valence electrons. The third-order valence-electron chi connectivity index (χ3n) is 3.08. The highest BCUT2D eigenvalue weighted by molar-refractivity contribution is 5.18. The van der Waals surface area contributed by atoms with Gasteiger partial charge >= 0.3 is 0 Å². The molecule has 1 N–H and O–H groups in total. The van der Waals surface area contributed by atoms with Crippen molar-refractivity contribution in [3.63, 3.8) is 0 Å². The Bertz CT molecular complexity index is 354. The fraction of sp³-hybridized carbons (Fsp3) is 0.467. The highest BCUT2D eigenvalue weighted by Gasteiger charge is 2.19. The molecular formula is C15H23NO. The van der Waals surface area contributed by atoms with E-state index in [2.05, 4.69) is 31.7 Å². The van der Waals surface area contributed by atoms with Crippen molar-refractivity contribution in [1.82, 2.24) is 4.90 Å². The summed E-state index contributed by atoms with van der Waals surface area (Å²) in [6.45, 7) is 7.10. The van der Waals surface area contributed by atoms with Gasteiger partial charge < -0.3 is 5.11 Å². The van der Waals surface area contributed by atoms with Gasteiger partial charge in [0.1, 0.15) is 0 Å². The first kappa shape index (κ1) is 13.9. The van der Waals surface area contributed by atoms with Crippen molar-refractivity contribution in [3.05, 3.63) is 47.5 Å². The Kier molecular flexibility index (Phi) is 5.39. The smallest absolute Gasteiger partial charge is 0.0942 e. The number of likely N-dealkylation sites (N-methyl/N-ethyl adjacent to an activating group) is 1. The maximum absolute atomic E-state index is 10.3. The van der Waals surface area contributed by atoms with Gasteiger partial charge in [0.05, 0.1) is 6.10 Å². The summed E-state index contributed by atoms with van der Waals surface area (Å²) >= 11 is 0. The van der Waals surface area contributed by atoms with E-state index in [-0.39, 0.29) is 6.04 Å². The summed E-state index contributed by atoms with van der Waals surface area (Å²) in [6.07, 6.45) is 1.74. The van der Waals surface area contributed by atoms with E-state index in [0.29, 0.717) is 0 Å². The Morgan fingerprint density at radius 2 is 1.88 bits per heavy atom. The predicted molar refractivity (Wildman–Crippen MR) is 72.9 cm³/mol. The summed E-state index contributed by atoms with van der Waals surface area (Å²) in [4.78, 5) is 2.16. The summed E-state index contributed by atoms with van der Waals surface area (Å²) in [5, 5.41) is 10.3. The molecule has 0 bridgehead atoms. The van der Waals surface area contributed by atoms with E-state index in [1.807, 2.05) is 37.4 Å². The lowest BCUT2D eigenvalue weighted by atomic mass is 10.0. The first-order chi connectivity index (χ1) is 8.02. The molecule has 0 saturated heterocycles. The lowest BCUT2D eigenvalue weighted by molar-refractivity contribution is 0.0786. The minimum Gasteiger partial charge on any atom is -0.387 e. The van der Waals surface area contributed by atoms with E-state index in [4.69, 9.17) is 0 Å². The molecule has 0 fully saturated rings. The molecule has 0 spiro atoms. The van der Waals surface area contributed by atoms with Crippen LogP contribution in [0.4, 0.5) is 0 Å². The number of aliphatic hydroxyl groups is 1. The Hall–Kier alpha value is -1.12. The third-order valence-corrected chi connectivity index (χ3v) is 3.08. The number of benzene rings is 1. The van der Waals surface area contributed by atoms with Gasteiger partial charge in [0, 0.05) is 12.6 Å². The average Bonchev–Trinajstić information content (AvgIpc) is 2.35. The molecular weight excluding hydrogens is 210 g/mol. The van der Waals surface area contributed by atoms with Crippen molar-refractivity contribution < 1.29 is 5.11 Å². The van der Waals surface area contributed by atoms with Crippen LogP contribution in [0, 0.1) is 0 Å². The van der Waals surface area contributed by atoms with E-state index < -0.39 is 6.10 Å². The van der Waals surface area contributed by atoms with Crippen LogP contribution in [0.2, 0.25) is 0 Å². The monoisotopic (exact) mass is 233 g/mol. The van der Waals surface area contributed by atoms with Crippen molar-refractivity contribution in [2.45, 2.75) is 32.9 Å². The van der Waals surface area contributed by atoms with E-state index >= 15 is 0 Å². The standard InChI is InChI=1S/C15H23NO/c1-12(2)10-11-16(4)13(3)15(17)14-8-6-5-7-9-14/h5-10,13,15,17H,11H2,1-4H3/t13-,15+/m1/s1. The maximum atomic E-state index is 10.3. The molecule has 0 aliphatic rings. The van der Waals surface area contributed by atoms with Crippen LogP contribution in [-0.2, 0) is 0 Å². The van der Waals surface area contributed by atoms with Crippen molar-refractivity contribution in [3.8, 4) is 0 Å². The van der Waals surface area contributed by atoms with E-state index in [0.717, 1.165) is 12.1 Å². The number of hydrogen-bond acceptors (Lipinski definition) is 2. The highest BCUT2D eigenvalue weighted by Crippen LogP contribution is 2.19. The lowest BCUT2D eigenvalue weighted by Crippen LogP contribution is -2.34. The minimum absolute atomic E-state index is 0.105. The maximum Gasteiger partial charge on any atom is 0.0942 e. The van der Waals surface area contributed by atoms with Crippen LogP contribution in [0.1, 0.15) is 32.4 Å². The number of aliphatic hydroxyl groups excluding tert-OH is 1. The second-order valence-corrected chi connectivity index (χ2v) is 4.82. The Labute approximate surface area is 105 Å². The molecule has 1 rings (SSSR count). The quantitative estimate of drug-likeness (QED) is 0.790. The summed E-state index contributed by atoms with van der Waals surface area (Å²) < 4.78 is 0. The van der Waals surface area contributed by atoms with E-state index in [9.17, 15) is 5.11 Å². The summed E-state index contributed by atoms with van der Waals surface area (Å²) in [7, 11) is 2.04. The minimum atomic E-state index is -0.438. The average molecular weight is 233 g/mol. The van der Waals surface area contributed by atoms with Crippen LogP contribution in [0.25, 0.3) is 0 Å². The number of hydrogen-bond donors (Lipinski definition) is 1. The SMILES string of the molecule is CC(C)=CCN(C)[C@H](C)[C@H](O)c1ccccc1. The largest absolute Gasteiger partial charge is 0.387 e. The molecule has 0 aliphatic heterocycles. The molecule has 1 aromatic rings. The molecule has 0 aromatic heterocycles. The molecule has 0 aliphatic carbocycles. The van der Waals surface area contributed by atoms with Crippen molar-refractivity contribution in [2.24, 2.45) is 0 Å². The van der Waals surface area contributed by atoms with Crippen LogP contribution < -0.4 is 0 Å². The predicted octanol–water partition coefficient (Wildman–Crippen LogP) is 3.01. The fourth-order valence-corrected chi connectivity index (χ4v) is 1.66. The Morgan fingerprint density at radius 1 is 1.29 bits per heavy atom. The molecule has 17 heavy (non-hydrogen) atoms. The number of allylic oxidation sites excluding steroid dienone is 1. The zero-order chi connectivity index (χ0) is 12.8. The summed E-state index contributed by atoms with van der Waals surface area (Å²) in [5.74, 6) is 0. The molecule has 0 radical (unpaired) electrons. The van der Waals surface area contributed by atoms with Crippen LogP contribution in [0.15, 0.2) is 42.0 Å². The fourth-order valence-electron chi connectivity index (χ4n) is 1.66. The normalized spacial score (nSPS) is 14.5. The summed E-state index contributed by atoms with van der Waals surface area (Å²) in [6, 6.07) is 9.93. The second-order valence-electron chi connectivity index (χ2n) is 4.82. The van der Waals surface area contributed by atoms with Gasteiger partial charge in [-0.25, -0.2) is 0 Å². The number of rotatable bonds is 5. The van der Waals surface area contributed by atoms with Crippen molar-refractivity contribution in [1.29, 1.82) is 0 Å². The molecule has 2 atom stereocenters. The van der Waals surface area contributed by atoms with Crippen molar-refractivity contribution >= 4 is 0 Å². The molecule has 2 nitrogen and oxygen atoms in total. The van der Waals surface area contributed by atoms with Gasteiger partial charge in [-0.3, -0.25) is 4.90 Å². The van der Waals surface area contributed by atoms with Crippen LogP contribution in [0.3, 0.4) is 0 Å². The first-order valence-electron chi connectivity index (χ1n) is 6.09. The van der Waals surface area contributed by atoms with Gasteiger partial charge in [-0.15, -0.1) is 0 Å². The third kappa shape index (κ3) is 4.33. The molecule has 0 saturated carbocycles. The van der Waals surface area contributed by atoms with E-state index in [1.165, 1.54) is 5.57 Å². The zero-order valence-corrected chi connectivity index (χ0v) is 11.2. The first-order valence-corrected chi connectivity index (χ1v) is 6.09. The van der Waals surface area contributed by atoms with Crippen LogP contribution in [-0.4, -0.2) is 29.6 Å². The highest BCUT2D eigenvalue weighted by atomic mass is 16.3. The van der Waals surface area contributed by atoms with E-state index in [1.54, 1.807) is 0 Å². The van der Waals surface area contributed by atoms with Gasteiger partial charge in [0.25, 0.3) is 0 Å². The zero-order valence-electron chi connectivity index (χ0n) is 11.2. The number of nitrogens with zero attached hydrogens (tertiary/aromatic N) is 1. The molecule has 0 amide bonds. The molecule has 2 heteroatoms. The summed E-state index contributed by atoms with van der Waals surface area (Å²) in [5.41, 5.74) is 2.28. The van der Waals surface area contributed by atoms with Crippen LogP contribution in [0.5, 0.6) is 0 Å². The Balaban J connectivity index is 2.63. The van der Waals surface area contributed by atoms with Gasteiger partial charge in [-0.05, 0) is 33.4 Å². The molecule has 1 aromatic carbocycles. The second kappa shape index (κ2) is 6.58. The Morgan fingerprint density at radius 3 is 2.41 bits per heavy atom. The topological polar surface area (TPSA) is 23.5 Å². The van der Waals surface area contributed by atoms with Crippen molar-refractivity contribution in [2.75, 3.05) is 13.6 Å². The van der Waals surface area contributed by atoms with Gasteiger partial charge in [0.15, 0.2) is 0 Å².